The smallest absolute Gasteiger partial charge is 0.231 e. The lowest BCUT2D eigenvalue weighted by atomic mass is 9.89. The summed E-state index contributed by atoms with van der Waals surface area (Å²) in [5.74, 6) is 2.40. The highest BCUT2D eigenvalue weighted by atomic mass is 32.1. The molecule has 5 rings (SSSR count). The highest BCUT2D eigenvalue weighted by Crippen LogP contribution is 2.40. The summed E-state index contributed by atoms with van der Waals surface area (Å²) in [4.78, 5) is 28.5. The SMILES string of the molecule is CC1CCc2c(sc3nc(CN4CCOCC4)nc(NC4CCN(CC(N)=O)CC4)c23)C1. The van der Waals surface area contributed by atoms with E-state index in [-0.39, 0.29) is 5.91 Å². The number of nitrogens with one attached hydrogen (secondary N) is 1. The Kier molecular flexibility index (Phi) is 6.59. The Bertz CT molecular complexity index is 965. The van der Waals surface area contributed by atoms with E-state index in [0.717, 1.165) is 94.0 Å². The molecule has 2 aliphatic heterocycles. The second-order valence-corrected chi connectivity index (χ2v) is 10.7. The van der Waals surface area contributed by atoms with Crippen LogP contribution in [0.2, 0.25) is 0 Å². The quantitative estimate of drug-likeness (QED) is 0.683. The molecule has 1 aliphatic carbocycles. The number of aryl methyl sites for hydroxylation is 1. The van der Waals surface area contributed by atoms with Crippen LogP contribution < -0.4 is 11.1 Å². The number of carbonyl (C=O) groups excluding carboxylic acids is 1. The van der Waals surface area contributed by atoms with E-state index in [1.165, 1.54) is 22.2 Å². The molecule has 3 aliphatic rings. The van der Waals surface area contributed by atoms with Gasteiger partial charge in [0.15, 0.2) is 0 Å². The largest absolute Gasteiger partial charge is 0.379 e. The fourth-order valence-electron chi connectivity index (χ4n) is 5.17. The maximum atomic E-state index is 11.3. The van der Waals surface area contributed by atoms with E-state index in [0.29, 0.717) is 12.6 Å². The number of primary amides is 1. The molecule has 2 saturated heterocycles. The number of hydrogen-bond donors (Lipinski definition) is 2. The predicted molar refractivity (Wildman–Crippen MR) is 127 cm³/mol. The number of aromatic nitrogens is 2. The number of nitrogens with zero attached hydrogens (tertiary/aromatic N) is 4. The van der Waals surface area contributed by atoms with Gasteiger partial charge in [0.2, 0.25) is 5.91 Å². The maximum absolute atomic E-state index is 11.3. The summed E-state index contributed by atoms with van der Waals surface area (Å²) in [5.41, 5.74) is 6.84. The van der Waals surface area contributed by atoms with Gasteiger partial charge >= 0.3 is 0 Å². The molecule has 0 saturated carbocycles. The van der Waals surface area contributed by atoms with Crippen molar-refractivity contribution >= 4 is 33.3 Å². The molecule has 2 fully saturated rings. The highest BCUT2D eigenvalue weighted by molar-refractivity contribution is 7.19. The van der Waals surface area contributed by atoms with E-state index < -0.39 is 0 Å². The summed E-state index contributed by atoms with van der Waals surface area (Å²) in [6.45, 7) is 8.66. The number of hydrogen-bond acceptors (Lipinski definition) is 8. The number of anilines is 1. The number of amides is 1. The van der Waals surface area contributed by atoms with Crippen molar-refractivity contribution in [2.75, 3.05) is 51.3 Å². The molecule has 2 aromatic heterocycles. The van der Waals surface area contributed by atoms with Crippen LogP contribution in [-0.4, -0.2) is 77.7 Å². The topological polar surface area (TPSA) is 96.6 Å². The molecular weight excluding hydrogens is 424 g/mol. The molecule has 0 radical (unpaired) electrons. The molecule has 3 N–H and O–H groups in total. The fraction of sp³-hybridized carbons (Fsp3) is 0.696. The van der Waals surface area contributed by atoms with E-state index in [4.69, 9.17) is 20.4 Å². The monoisotopic (exact) mass is 458 g/mol. The number of ether oxygens (including phenoxy) is 1. The van der Waals surface area contributed by atoms with Gasteiger partial charge in [0.25, 0.3) is 0 Å². The number of nitrogens with two attached hydrogens (primary N) is 1. The van der Waals surface area contributed by atoms with E-state index >= 15 is 0 Å². The molecule has 0 bridgehead atoms. The lowest BCUT2D eigenvalue weighted by molar-refractivity contribution is -0.119. The summed E-state index contributed by atoms with van der Waals surface area (Å²) >= 11 is 1.87. The van der Waals surface area contributed by atoms with Crippen molar-refractivity contribution in [1.82, 2.24) is 19.8 Å². The van der Waals surface area contributed by atoms with Crippen molar-refractivity contribution < 1.29 is 9.53 Å². The van der Waals surface area contributed by atoms with Crippen molar-refractivity contribution in [3.05, 3.63) is 16.3 Å². The van der Waals surface area contributed by atoms with Gasteiger partial charge in [-0.05, 0) is 43.6 Å². The van der Waals surface area contributed by atoms with Crippen LogP contribution in [-0.2, 0) is 28.9 Å². The van der Waals surface area contributed by atoms with Gasteiger partial charge in [-0.1, -0.05) is 6.92 Å². The molecule has 4 heterocycles. The lowest BCUT2D eigenvalue weighted by Gasteiger charge is -2.32. The average Bonchev–Trinajstić information content (AvgIpc) is 3.13. The number of carbonyl (C=O) groups is 1. The molecular formula is C23H34N6O2S. The standard InChI is InChI=1S/C23H34N6O2S/c1-15-2-3-17-18(12-15)32-23-21(17)22(25-16-4-6-28(7-5-16)13-19(24)30)26-20(27-23)14-29-8-10-31-11-9-29/h15-16H,2-14H2,1H3,(H2,24,30)(H,25,26,27). The molecule has 0 aromatic carbocycles. The zero-order valence-corrected chi connectivity index (χ0v) is 19.8. The summed E-state index contributed by atoms with van der Waals surface area (Å²) < 4.78 is 5.50. The van der Waals surface area contributed by atoms with Gasteiger partial charge in [-0.2, -0.15) is 0 Å². The number of likely N-dealkylation sites (tertiary alicyclic amines) is 1. The van der Waals surface area contributed by atoms with Crippen LogP contribution in [0, 0.1) is 5.92 Å². The third kappa shape index (κ3) is 4.90. The second-order valence-electron chi connectivity index (χ2n) is 9.57. The second kappa shape index (κ2) is 9.59. The van der Waals surface area contributed by atoms with Gasteiger partial charge in [0.1, 0.15) is 16.5 Å². The predicted octanol–water partition coefficient (Wildman–Crippen LogP) is 2.01. The summed E-state index contributed by atoms with van der Waals surface area (Å²) in [6, 6.07) is 0.353. The summed E-state index contributed by atoms with van der Waals surface area (Å²) in [7, 11) is 0. The first-order chi connectivity index (χ1) is 15.5. The summed E-state index contributed by atoms with van der Waals surface area (Å²) in [6.07, 6.45) is 5.48. The minimum absolute atomic E-state index is 0.249. The van der Waals surface area contributed by atoms with Crippen LogP contribution in [0.1, 0.15) is 42.5 Å². The van der Waals surface area contributed by atoms with Crippen LogP contribution in [0.4, 0.5) is 5.82 Å². The van der Waals surface area contributed by atoms with Gasteiger partial charge in [0, 0.05) is 37.1 Å². The number of morpholine rings is 1. The van der Waals surface area contributed by atoms with E-state index in [2.05, 4.69) is 22.0 Å². The van der Waals surface area contributed by atoms with Gasteiger partial charge in [-0.3, -0.25) is 14.6 Å². The third-order valence-electron chi connectivity index (χ3n) is 6.98. The Morgan fingerprint density at radius 3 is 2.69 bits per heavy atom. The molecule has 9 heteroatoms. The highest BCUT2D eigenvalue weighted by Gasteiger charge is 2.27. The Morgan fingerprint density at radius 1 is 1.16 bits per heavy atom. The molecule has 32 heavy (non-hydrogen) atoms. The molecule has 174 valence electrons. The minimum atomic E-state index is -0.249. The van der Waals surface area contributed by atoms with Gasteiger partial charge in [-0.15, -0.1) is 11.3 Å². The fourth-order valence-corrected chi connectivity index (χ4v) is 6.57. The van der Waals surface area contributed by atoms with Gasteiger partial charge in [-0.25, -0.2) is 9.97 Å². The average molecular weight is 459 g/mol. The molecule has 1 unspecified atom stereocenters. The lowest BCUT2D eigenvalue weighted by Crippen LogP contribution is -2.43. The first-order valence-electron chi connectivity index (χ1n) is 11.9. The Morgan fingerprint density at radius 2 is 1.94 bits per heavy atom. The first kappa shape index (κ1) is 22.0. The molecule has 1 atom stereocenters. The van der Waals surface area contributed by atoms with E-state index in [1.807, 2.05) is 11.3 Å². The van der Waals surface area contributed by atoms with Crippen molar-refractivity contribution in [3.8, 4) is 0 Å². The van der Waals surface area contributed by atoms with Crippen molar-refractivity contribution in [1.29, 1.82) is 0 Å². The van der Waals surface area contributed by atoms with Crippen LogP contribution in [0.5, 0.6) is 0 Å². The number of fused-ring (bicyclic) bond motifs is 3. The zero-order valence-electron chi connectivity index (χ0n) is 18.9. The zero-order chi connectivity index (χ0) is 22.1. The number of piperidine rings is 1. The van der Waals surface area contributed by atoms with E-state index in [9.17, 15) is 4.79 Å². The number of rotatable bonds is 6. The first-order valence-corrected chi connectivity index (χ1v) is 12.7. The molecule has 8 nitrogen and oxygen atoms in total. The van der Waals surface area contributed by atoms with Crippen molar-refractivity contribution in [2.45, 2.75) is 51.6 Å². The van der Waals surface area contributed by atoms with E-state index in [1.54, 1.807) is 0 Å². The minimum Gasteiger partial charge on any atom is -0.379 e. The van der Waals surface area contributed by atoms with Crippen LogP contribution in [0.15, 0.2) is 0 Å². The van der Waals surface area contributed by atoms with Crippen molar-refractivity contribution in [3.63, 3.8) is 0 Å². The van der Waals surface area contributed by atoms with Crippen LogP contribution in [0.3, 0.4) is 0 Å². The Hall–Kier alpha value is -1.81. The molecule has 0 spiro atoms. The maximum Gasteiger partial charge on any atom is 0.231 e. The van der Waals surface area contributed by atoms with Crippen LogP contribution >= 0.6 is 11.3 Å². The van der Waals surface area contributed by atoms with Gasteiger partial charge < -0.3 is 15.8 Å². The van der Waals surface area contributed by atoms with Gasteiger partial charge in [0.05, 0.1) is 31.7 Å². The summed E-state index contributed by atoms with van der Waals surface area (Å²) in [5, 5.41) is 5.04. The molecule has 2 aromatic rings. The van der Waals surface area contributed by atoms with Crippen LogP contribution in [0.25, 0.3) is 10.2 Å². The Balaban J connectivity index is 1.40. The van der Waals surface area contributed by atoms with Crippen molar-refractivity contribution in [2.24, 2.45) is 11.7 Å². The Labute approximate surface area is 193 Å². The number of thiophene rings is 1. The molecule has 1 amide bonds. The third-order valence-corrected chi connectivity index (χ3v) is 8.13. The normalized spacial score (nSPS) is 23.3.